The molecule has 0 fully saturated rings. The van der Waals surface area contributed by atoms with Gasteiger partial charge in [0.2, 0.25) is 0 Å². The van der Waals surface area contributed by atoms with E-state index >= 15 is 0 Å². The molecule has 0 radical (unpaired) electrons. The molecule has 4 nitrogen and oxygen atoms in total. The van der Waals surface area contributed by atoms with Crippen molar-refractivity contribution in [3.05, 3.63) is 0 Å². The van der Waals surface area contributed by atoms with Gasteiger partial charge in [0.15, 0.2) is 0 Å². The Morgan fingerprint density at radius 3 is 2.33 bits per heavy atom. The third kappa shape index (κ3) is 13.3. The summed E-state index contributed by atoms with van der Waals surface area (Å²) in [5.41, 5.74) is -0.422. The van der Waals surface area contributed by atoms with Crippen LogP contribution in [0.4, 0.5) is 4.79 Å². The fourth-order valence-electron chi connectivity index (χ4n) is 1.49. The Labute approximate surface area is 112 Å². The Balaban J connectivity index is 3.28. The largest absolute Gasteiger partial charge is 0.444 e. The van der Waals surface area contributed by atoms with Crippen molar-refractivity contribution in [3.63, 3.8) is 0 Å². The van der Waals surface area contributed by atoms with Crippen LogP contribution >= 0.6 is 0 Å². The van der Waals surface area contributed by atoms with Gasteiger partial charge in [-0.15, -0.1) is 0 Å². The number of carbonyl (C=O) groups excluding carboxylic acids is 1. The Hall–Kier alpha value is -0.770. The Kier molecular flexibility index (Phi) is 8.81. The first kappa shape index (κ1) is 17.2. The monoisotopic (exact) mass is 258 g/mol. The topological polar surface area (TPSA) is 50.4 Å². The van der Waals surface area contributed by atoms with Crippen molar-refractivity contribution in [2.75, 3.05) is 19.6 Å². The summed E-state index contributed by atoms with van der Waals surface area (Å²) < 4.78 is 5.13. The van der Waals surface area contributed by atoms with E-state index in [1.807, 2.05) is 20.8 Å². The number of hydrogen-bond acceptors (Lipinski definition) is 3. The molecule has 0 spiro atoms. The summed E-state index contributed by atoms with van der Waals surface area (Å²) >= 11 is 0. The molecular formula is C14H30N2O2. The molecule has 0 aromatic heterocycles. The molecule has 0 saturated heterocycles. The highest BCUT2D eigenvalue weighted by Gasteiger charge is 2.15. The van der Waals surface area contributed by atoms with E-state index in [-0.39, 0.29) is 6.09 Å². The highest BCUT2D eigenvalue weighted by Crippen LogP contribution is 2.06. The SMILES string of the molecule is CC(C)CCCCNCCNC(=O)OC(C)(C)C. The van der Waals surface area contributed by atoms with Crippen LogP contribution in [0.5, 0.6) is 0 Å². The van der Waals surface area contributed by atoms with Gasteiger partial charge in [-0.2, -0.15) is 0 Å². The molecule has 0 aliphatic rings. The number of hydrogen-bond donors (Lipinski definition) is 2. The maximum absolute atomic E-state index is 11.3. The minimum Gasteiger partial charge on any atom is -0.444 e. The highest BCUT2D eigenvalue weighted by molar-refractivity contribution is 5.67. The van der Waals surface area contributed by atoms with Gasteiger partial charge in [-0.05, 0) is 39.7 Å². The molecule has 0 rings (SSSR count). The molecule has 108 valence electrons. The van der Waals surface area contributed by atoms with Crippen molar-refractivity contribution in [2.45, 2.75) is 59.5 Å². The van der Waals surface area contributed by atoms with E-state index in [0.717, 1.165) is 19.0 Å². The molecule has 0 aromatic rings. The van der Waals surface area contributed by atoms with Gasteiger partial charge in [0.05, 0.1) is 0 Å². The smallest absolute Gasteiger partial charge is 0.407 e. The van der Waals surface area contributed by atoms with Gasteiger partial charge in [-0.3, -0.25) is 0 Å². The first-order valence-electron chi connectivity index (χ1n) is 6.99. The number of rotatable bonds is 8. The van der Waals surface area contributed by atoms with Gasteiger partial charge in [0.25, 0.3) is 0 Å². The van der Waals surface area contributed by atoms with Crippen LogP contribution in [-0.4, -0.2) is 31.3 Å². The van der Waals surface area contributed by atoms with Crippen LogP contribution in [0.3, 0.4) is 0 Å². The van der Waals surface area contributed by atoms with Gasteiger partial charge in [-0.1, -0.05) is 26.7 Å². The van der Waals surface area contributed by atoms with Crippen LogP contribution in [0.1, 0.15) is 53.9 Å². The average Bonchev–Trinajstić information content (AvgIpc) is 2.18. The first-order valence-corrected chi connectivity index (χ1v) is 6.99. The second kappa shape index (κ2) is 9.20. The lowest BCUT2D eigenvalue weighted by Gasteiger charge is -2.19. The van der Waals surface area contributed by atoms with Crippen LogP contribution in [0.25, 0.3) is 0 Å². The van der Waals surface area contributed by atoms with Crippen molar-refractivity contribution >= 4 is 6.09 Å². The van der Waals surface area contributed by atoms with Crippen LogP contribution in [-0.2, 0) is 4.74 Å². The van der Waals surface area contributed by atoms with Gasteiger partial charge in [-0.25, -0.2) is 4.79 Å². The van der Waals surface area contributed by atoms with E-state index in [4.69, 9.17) is 4.74 Å². The molecule has 0 aliphatic heterocycles. The van der Waals surface area contributed by atoms with E-state index in [2.05, 4.69) is 24.5 Å². The normalized spacial score (nSPS) is 11.7. The third-order valence-electron chi connectivity index (χ3n) is 2.36. The van der Waals surface area contributed by atoms with E-state index in [1.54, 1.807) is 0 Å². The molecule has 18 heavy (non-hydrogen) atoms. The van der Waals surface area contributed by atoms with Crippen LogP contribution < -0.4 is 10.6 Å². The fraction of sp³-hybridized carbons (Fsp3) is 0.929. The van der Waals surface area contributed by atoms with E-state index in [9.17, 15) is 4.79 Å². The standard InChI is InChI=1S/C14H30N2O2/c1-12(2)8-6-7-9-15-10-11-16-13(17)18-14(3,4)5/h12,15H,6-11H2,1-5H3,(H,16,17). The molecular weight excluding hydrogens is 228 g/mol. The summed E-state index contributed by atoms with van der Waals surface area (Å²) in [6, 6.07) is 0. The quantitative estimate of drug-likeness (QED) is 0.658. The maximum atomic E-state index is 11.3. The zero-order chi connectivity index (χ0) is 14.0. The van der Waals surface area contributed by atoms with Gasteiger partial charge >= 0.3 is 6.09 Å². The van der Waals surface area contributed by atoms with Crippen molar-refractivity contribution in [1.82, 2.24) is 10.6 Å². The Morgan fingerprint density at radius 2 is 1.78 bits per heavy atom. The molecule has 0 bridgehead atoms. The maximum Gasteiger partial charge on any atom is 0.407 e. The second-order valence-corrected chi connectivity index (χ2v) is 6.07. The molecule has 4 heteroatoms. The second-order valence-electron chi connectivity index (χ2n) is 6.07. The van der Waals surface area contributed by atoms with Crippen molar-refractivity contribution in [2.24, 2.45) is 5.92 Å². The Morgan fingerprint density at radius 1 is 1.11 bits per heavy atom. The van der Waals surface area contributed by atoms with Crippen molar-refractivity contribution in [1.29, 1.82) is 0 Å². The van der Waals surface area contributed by atoms with Gasteiger partial charge in [0, 0.05) is 13.1 Å². The highest BCUT2D eigenvalue weighted by atomic mass is 16.6. The predicted molar refractivity (Wildman–Crippen MR) is 75.8 cm³/mol. The zero-order valence-corrected chi connectivity index (χ0v) is 12.6. The van der Waals surface area contributed by atoms with Crippen LogP contribution in [0.2, 0.25) is 0 Å². The number of unbranched alkanes of at least 4 members (excludes halogenated alkanes) is 1. The van der Waals surface area contributed by atoms with Crippen molar-refractivity contribution < 1.29 is 9.53 Å². The van der Waals surface area contributed by atoms with E-state index < -0.39 is 5.60 Å². The van der Waals surface area contributed by atoms with Crippen LogP contribution in [0.15, 0.2) is 0 Å². The number of ether oxygens (including phenoxy) is 1. The molecule has 0 atom stereocenters. The van der Waals surface area contributed by atoms with Gasteiger partial charge < -0.3 is 15.4 Å². The number of carbonyl (C=O) groups is 1. The molecule has 0 aromatic carbocycles. The van der Waals surface area contributed by atoms with E-state index in [0.29, 0.717) is 6.54 Å². The molecule has 0 unspecified atom stereocenters. The lowest BCUT2D eigenvalue weighted by molar-refractivity contribution is 0.0528. The van der Waals surface area contributed by atoms with Crippen LogP contribution in [0, 0.1) is 5.92 Å². The summed E-state index contributed by atoms with van der Waals surface area (Å²) in [5.74, 6) is 0.791. The minimum absolute atomic E-state index is 0.343. The van der Waals surface area contributed by atoms with E-state index in [1.165, 1.54) is 19.3 Å². The Bertz CT molecular complexity index is 222. The average molecular weight is 258 g/mol. The van der Waals surface area contributed by atoms with Crippen molar-refractivity contribution in [3.8, 4) is 0 Å². The molecule has 0 saturated carbocycles. The molecule has 0 heterocycles. The number of alkyl carbamates (subject to hydrolysis) is 1. The number of nitrogens with one attached hydrogen (secondary N) is 2. The first-order chi connectivity index (χ1) is 8.31. The third-order valence-corrected chi connectivity index (χ3v) is 2.36. The molecule has 1 amide bonds. The predicted octanol–water partition coefficient (Wildman–Crippen LogP) is 2.93. The van der Waals surface area contributed by atoms with Gasteiger partial charge in [0.1, 0.15) is 5.60 Å². The molecule has 0 aliphatic carbocycles. The zero-order valence-electron chi connectivity index (χ0n) is 12.6. The summed E-state index contributed by atoms with van der Waals surface area (Å²) in [5, 5.41) is 6.03. The minimum atomic E-state index is -0.422. The number of amides is 1. The summed E-state index contributed by atoms with van der Waals surface area (Å²) in [7, 11) is 0. The molecule has 2 N–H and O–H groups in total. The summed E-state index contributed by atoms with van der Waals surface area (Å²) in [4.78, 5) is 11.3. The lowest BCUT2D eigenvalue weighted by Crippen LogP contribution is -2.36. The summed E-state index contributed by atoms with van der Waals surface area (Å²) in [6.45, 7) is 12.5. The lowest BCUT2D eigenvalue weighted by atomic mass is 10.1. The fourth-order valence-corrected chi connectivity index (χ4v) is 1.49. The summed E-state index contributed by atoms with van der Waals surface area (Å²) in [6.07, 6.45) is 3.41.